The Labute approximate surface area is 78.6 Å². The van der Waals surface area contributed by atoms with E-state index in [1.54, 1.807) is 13.8 Å². The van der Waals surface area contributed by atoms with Gasteiger partial charge in [0.05, 0.1) is 5.41 Å². The van der Waals surface area contributed by atoms with Gasteiger partial charge in [0.15, 0.2) is 6.73 Å². The highest BCUT2D eigenvalue weighted by molar-refractivity contribution is 5.76. The van der Waals surface area contributed by atoms with Gasteiger partial charge < -0.3 is 9.85 Å². The molecule has 0 bridgehead atoms. The number of rotatable bonds is 4. The largest absolute Gasteiger partial charge is 0.465 e. The first-order valence-corrected chi connectivity index (χ1v) is 4.02. The number of amides is 1. The maximum absolute atomic E-state index is 11.3. The molecule has 0 fully saturated rings. The van der Waals surface area contributed by atoms with Crippen molar-refractivity contribution in [2.75, 3.05) is 6.73 Å². The quantitative estimate of drug-likeness (QED) is 0.517. The van der Waals surface area contributed by atoms with E-state index in [0.717, 1.165) is 0 Å². The summed E-state index contributed by atoms with van der Waals surface area (Å²) in [6, 6.07) is 0. The molecule has 0 aliphatic heterocycles. The summed E-state index contributed by atoms with van der Waals surface area (Å²) < 4.78 is 10.9. The van der Waals surface area contributed by atoms with Crippen LogP contribution in [0.5, 0.6) is 0 Å². The maximum Gasteiger partial charge on any atom is 0.407 e. The fourth-order valence-electron chi connectivity index (χ4n) is 0.500. The zero-order valence-electron chi connectivity index (χ0n) is 9.05. The summed E-state index contributed by atoms with van der Waals surface area (Å²) in [5.74, 6) is -0.398. The van der Waals surface area contributed by atoms with Gasteiger partial charge in [0, 0.05) is 0 Å². The molecule has 0 aromatic rings. The number of hydrogen-bond acceptors (Lipinski definition) is 4. The third kappa shape index (κ3) is 4.35. The van der Waals surface area contributed by atoms with Crippen molar-refractivity contribution >= 4 is 12.1 Å². The minimum absolute atomic E-state index is 0.278. The van der Waals surface area contributed by atoms with Gasteiger partial charge in [0.25, 0.3) is 1.43 Å². The molecular weight excluding hydrogens is 174 g/mol. The van der Waals surface area contributed by atoms with Gasteiger partial charge >= 0.3 is 12.1 Å². The Morgan fingerprint density at radius 1 is 1.62 bits per heavy atom. The molecule has 5 nitrogen and oxygen atoms in total. The maximum atomic E-state index is 11.3. The molecule has 5 heteroatoms. The Hall–Kier alpha value is -1.26. The molecule has 2 N–H and O–H groups in total. The van der Waals surface area contributed by atoms with E-state index >= 15 is 0 Å². The molecule has 0 saturated carbocycles. The smallest absolute Gasteiger partial charge is 0.407 e. The van der Waals surface area contributed by atoms with Crippen LogP contribution in [0.15, 0.2) is 0 Å². The van der Waals surface area contributed by atoms with E-state index in [2.05, 4.69) is 10.4 Å². The zero-order chi connectivity index (χ0) is 11.2. The predicted molar refractivity (Wildman–Crippen MR) is 46.2 cm³/mol. The Balaban J connectivity index is 3.80. The first kappa shape index (κ1) is 9.83. The van der Waals surface area contributed by atoms with Gasteiger partial charge in [-0.2, -0.15) is 0 Å². The summed E-state index contributed by atoms with van der Waals surface area (Å²) in [6.07, 6.45) is -0.304. The molecule has 0 saturated heterocycles. The molecule has 0 rings (SSSR count). The van der Waals surface area contributed by atoms with Gasteiger partial charge in [-0.15, -0.1) is 0 Å². The van der Waals surface area contributed by atoms with Crippen molar-refractivity contribution in [3.8, 4) is 0 Å². The van der Waals surface area contributed by atoms with E-state index in [1.807, 2.05) is 6.92 Å². The number of nitrogens with one attached hydrogen (secondary N) is 1. The third-order valence-corrected chi connectivity index (χ3v) is 1.86. The second-order valence-corrected chi connectivity index (χ2v) is 3.28. The van der Waals surface area contributed by atoms with Gasteiger partial charge in [0.2, 0.25) is 0 Å². The molecule has 0 aliphatic rings. The van der Waals surface area contributed by atoms with Crippen molar-refractivity contribution < 1.29 is 19.4 Å². The van der Waals surface area contributed by atoms with Crippen LogP contribution < -0.4 is 5.32 Å². The average Bonchev–Trinajstić information content (AvgIpc) is 2.17. The van der Waals surface area contributed by atoms with Crippen LogP contribution in [0.25, 0.3) is 1.43 Å². The van der Waals surface area contributed by atoms with Gasteiger partial charge in [0.1, 0.15) is 0 Å². The van der Waals surface area contributed by atoms with Crippen molar-refractivity contribution in [3.05, 3.63) is 0 Å². The van der Waals surface area contributed by atoms with E-state index in [4.69, 9.17) is 6.17 Å². The lowest BCUT2D eigenvalue weighted by Crippen LogP contribution is -2.31. The Morgan fingerprint density at radius 3 is 2.69 bits per heavy atom. The van der Waals surface area contributed by atoms with Gasteiger partial charge in [-0.1, -0.05) is 6.92 Å². The molecule has 0 atom stereocenters. The van der Waals surface area contributed by atoms with Crippen LogP contribution in [0.2, 0.25) is 0 Å². The van der Waals surface area contributed by atoms with Crippen LogP contribution in [0.1, 0.15) is 27.2 Å². The number of carboxylic acid groups (broad SMARTS) is 1. The number of ether oxygens (including phenoxy) is 1. The van der Waals surface area contributed by atoms with Crippen LogP contribution in [-0.2, 0) is 9.53 Å². The van der Waals surface area contributed by atoms with Gasteiger partial charge in [-0.3, -0.25) is 10.1 Å². The van der Waals surface area contributed by atoms with Crippen molar-refractivity contribution in [1.82, 2.24) is 5.32 Å². The van der Waals surface area contributed by atoms with Gasteiger partial charge in [-0.25, -0.2) is 4.79 Å². The highest BCUT2D eigenvalue weighted by Gasteiger charge is 2.26. The normalized spacial score (nSPS) is 11.5. The second kappa shape index (κ2) is 4.69. The Morgan fingerprint density at radius 2 is 2.23 bits per heavy atom. The lowest BCUT2D eigenvalue weighted by molar-refractivity contribution is -0.154. The van der Waals surface area contributed by atoms with Crippen LogP contribution >= 0.6 is 0 Å². The van der Waals surface area contributed by atoms with E-state index in [9.17, 15) is 9.59 Å². The van der Waals surface area contributed by atoms with Crippen LogP contribution in [-0.4, -0.2) is 23.9 Å². The molecule has 0 aliphatic carbocycles. The van der Waals surface area contributed by atoms with Crippen LogP contribution in [0, 0.1) is 5.41 Å². The number of carbonyl (C=O) groups excluding carboxylic acids is 1. The molecule has 0 aromatic heterocycles. The minimum atomic E-state index is -0.952. The summed E-state index contributed by atoms with van der Waals surface area (Å²) >= 11 is 0. The SMILES string of the molecule is [3H]OC(=O)NCOC(=O)C(C)(C)CC. The molecule has 1 amide bonds. The van der Waals surface area contributed by atoms with Crippen molar-refractivity contribution in [2.24, 2.45) is 5.41 Å². The molecule has 0 aromatic carbocycles. The number of esters is 1. The van der Waals surface area contributed by atoms with E-state index in [-0.39, 0.29) is 6.73 Å². The average molecular weight is 191 g/mol. The fraction of sp³-hybridized carbons (Fsp3) is 0.750. The topological polar surface area (TPSA) is 75.6 Å². The summed E-state index contributed by atoms with van der Waals surface area (Å²) in [5.41, 5.74) is -0.563. The molecule has 0 spiro atoms. The first-order valence-electron chi connectivity index (χ1n) is 4.43. The molecule has 0 radical (unpaired) electrons. The monoisotopic (exact) mass is 191 g/mol. The van der Waals surface area contributed by atoms with Gasteiger partial charge in [-0.05, 0) is 20.3 Å². The Kier molecular flexibility index (Phi) is 3.54. The minimum Gasteiger partial charge on any atom is -0.465 e. The van der Waals surface area contributed by atoms with E-state index in [1.165, 1.54) is 0 Å². The number of carbonyl (C=O) groups is 2. The van der Waals surface area contributed by atoms with E-state index in [0.29, 0.717) is 6.42 Å². The van der Waals surface area contributed by atoms with Crippen molar-refractivity contribution in [2.45, 2.75) is 27.2 Å². The summed E-state index contributed by atoms with van der Waals surface area (Å²) in [7, 11) is 0. The lowest BCUT2D eigenvalue weighted by Gasteiger charge is -2.19. The summed E-state index contributed by atoms with van der Waals surface area (Å²) in [4.78, 5) is 21.7. The number of hydrogen-bond donors (Lipinski definition) is 2. The zero-order valence-corrected chi connectivity index (χ0v) is 8.05. The second-order valence-electron chi connectivity index (χ2n) is 3.28. The highest BCUT2D eigenvalue weighted by Crippen LogP contribution is 2.20. The van der Waals surface area contributed by atoms with Crippen molar-refractivity contribution in [1.29, 1.82) is 1.43 Å². The first-order chi connectivity index (χ1) is 6.44. The fourth-order valence-corrected chi connectivity index (χ4v) is 0.500. The lowest BCUT2D eigenvalue weighted by atomic mass is 9.91. The summed E-state index contributed by atoms with van der Waals surface area (Å²) in [5, 5.41) is 5.62. The Bertz CT molecular complexity index is 217. The van der Waals surface area contributed by atoms with Crippen molar-refractivity contribution in [3.63, 3.8) is 0 Å². The van der Waals surface area contributed by atoms with E-state index < -0.39 is 17.5 Å². The standard InChI is InChI=1S/C8H15NO4/c1-4-8(2,3)6(10)13-5-9-7(11)12/h9H,4-5H2,1-3H3,(H,11,12)/i/hT. The molecule has 0 unspecified atom stereocenters. The molecule has 76 valence electrons. The molecule has 0 heterocycles. The third-order valence-electron chi connectivity index (χ3n) is 1.86. The highest BCUT2D eigenvalue weighted by atomic mass is 16.5. The predicted octanol–water partition coefficient (Wildman–Crippen LogP) is 1.19. The molecular formula is C8H15NO4. The van der Waals surface area contributed by atoms with Crippen LogP contribution in [0.4, 0.5) is 4.79 Å². The van der Waals surface area contributed by atoms with Crippen LogP contribution in [0.3, 0.4) is 0 Å². The molecule has 13 heavy (non-hydrogen) atoms. The summed E-state index contributed by atoms with van der Waals surface area (Å²) in [6.45, 7) is 5.09.